The average Bonchev–Trinajstić information content (AvgIpc) is 2.23. The van der Waals surface area contributed by atoms with Crippen LogP contribution in [0.2, 0.25) is 0 Å². The van der Waals surface area contributed by atoms with Crippen molar-refractivity contribution >= 4 is 0 Å². The van der Waals surface area contributed by atoms with Gasteiger partial charge in [0.05, 0.1) is 6.10 Å². The minimum absolute atomic E-state index is 0.0150. The maximum Gasteiger partial charge on any atom is 0.0595 e. The summed E-state index contributed by atoms with van der Waals surface area (Å²) < 4.78 is 0. The molecule has 2 bridgehead atoms. The van der Waals surface area contributed by atoms with Crippen LogP contribution < -0.4 is 5.32 Å². The molecule has 2 nitrogen and oxygen atoms in total. The Hall–Kier alpha value is -0.0800. The van der Waals surface area contributed by atoms with Gasteiger partial charge in [0, 0.05) is 12.6 Å². The van der Waals surface area contributed by atoms with Gasteiger partial charge in [-0.3, -0.25) is 0 Å². The van der Waals surface area contributed by atoms with Crippen LogP contribution in [-0.2, 0) is 0 Å². The number of aliphatic hydroxyl groups is 1. The molecular formula is C6H11NO. The summed E-state index contributed by atoms with van der Waals surface area (Å²) in [5, 5.41) is 12.5. The number of hydrogen-bond donors (Lipinski definition) is 2. The molecule has 2 aliphatic rings. The number of fused-ring (bicyclic) bond motifs is 2. The zero-order chi connectivity index (χ0) is 5.56. The van der Waals surface area contributed by atoms with Crippen LogP contribution in [0.1, 0.15) is 12.8 Å². The van der Waals surface area contributed by atoms with Crippen LogP contribution in [0.4, 0.5) is 0 Å². The van der Waals surface area contributed by atoms with Crippen molar-refractivity contribution < 1.29 is 5.11 Å². The van der Waals surface area contributed by atoms with Crippen molar-refractivity contribution in [2.45, 2.75) is 25.0 Å². The summed E-state index contributed by atoms with van der Waals surface area (Å²) >= 11 is 0. The number of aliphatic hydroxyl groups excluding tert-OH is 1. The summed E-state index contributed by atoms with van der Waals surface area (Å²) in [6.07, 6.45) is 2.22. The number of nitrogens with one attached hydrogen (secondary N) is 1. The fourth-order valence-corrected chi connectivity index (χ4v) is 1.81. The zero-order valence-corrected chi connectivity index (χ0v) is 4.80. The molecule has 3 atom stereocenters. The van der Waals surface area contributed by atoms with E-state index in [4.69, 9.17) is 0 Å². The Balaban J connectivity index is 2.11. The van der Waals surface area contributed by atoms with Gasteiger partial charge in [-0.05, 0) is 18.8 Å². The van der Waals surface area contributed by atoms with Crippen LogP contribution in [0.5, 0.6) is 0 Å². The van der Waals surface area contributed by atoms with Crippen molar-refractivity contribution in [1.82, 2.24) is 5.32 Å². The topological polar surface area (TPSA) is 32.3 Å². The molecule has 0 amide bonds. The van der Waals surface area contributed by atoms with Crippen molar-refractivity contribution in [3.05, 3.63) is 0 Å². The minimum atomic E-state index is 0.0150. The monoisotopic (exact) mass is 113 g/mol. The molecule has 0 radical (unpaired) electrons. The first-order valence-corrected chi connectivity index (χ1v) is 3.28. The van der Waals surface area contributed by atoms with E-state index in [1.807, 2.05) is 0 Å². The third kappa shape index (κ3) is 0.501. The van der Waals surface area contributed by atoms with Gasteiger partial charge in [0.15, 0.2) is 0 Å². The van der Waals surface area contributed by atoms with Crippen molar-refractivity contribution in [3.8, 4) is 0 Å². The van der Waals surface area contributed by atoms with Gasteiger partial charge in [-0.2, -0.15) is 0 Å². The van der Waals surface area contributed by atoms with Crippen LogP contribution in [0.3, 0.4) is 0 Å². The van der Waals surface area contributed by atoms with E-state index >= 15 is 0 Å². The Kier molecular flexibility index (Phi) is 0.866. The number of piperidine rings is 1. The lowest BCUT2D eigenvalue weighted by Gasteiger charge is -2.15. The first kappa shape index (κ1) is 4.77. The third-order valence-electron chi connectivity index (χ3n) is 2.33. The molecule has 46 valence electrons. The maximum atomic E-state index is 9.18. The largest absolute Gasteiger partial charge is 0.393 e. The van der Waals surface area contributed by atoms with E-state index in [0.717, 1.165) is 13.0 Å². The first-order chi connectivity index (χ1) is 3.86. The number of hydrogen-bond acceptors (Lipinski definition) is 2. The Morgan fingerprint density at radius 2 is 2.25 bits per heavy atom. The molecule has 1 saturated heterocycles. The van der Waals surface area contributed by atoms with Crippen molar-refractivity contribution in [2.75, 3.05) is 6.54 Å². The maximum absolute atomic E-state index is 9.18. The highest BCUT2D eigenvalue weighted by Crippen LogP contribution is 2.30. The van der Waals surface area contributed by atoms with E-state index in [1.165, 1.54) is 6.42 Å². The van der Waals surface area contributed by atoms with Gasteiger partial charge in [0.25, 0.3) is 0 Å². The zero-order valence-electron chi connectivity index (χ0n) is 4.80. The Bertz CT molecular complexity index is 103. The lowest BCUT2D eigenvalue weighted by atomic mass is 10.1. The van der Waals surface area contributed by atoms with E-state index in [9.17, 15) is 5.11 Å². The van der Waals surface area contributed by atoms with Crippen LogP contribution >= 0.6 is 0 Å². The molecule has 2 heteroatoms. The summed E-state index contributed by atoms with van der Waals surface area (Å²) in [7, 11) is 0. The van der Waals surface area contributed by atoms with E-state index in [2.05, 4.69) is 5.32 Å². The fraction of sp³-hybridized carbons (Fsp3) is 1.00. The summed E-state index contributed by atoms with van der Waals surface area (Å²) in [6, 6.07) is 0.648. The highest BCUT2D eigenvalue weighted by atomic mass is 16.3. The van der Waals surface area contributed by atoms with Crippen molar-refractivity contribution in [2.24, 2.45) is 5.92 Å². The SMILES string of the molecule is O[C@@H]1CC2CC1CN2. The van der Waals surface area contributed by atoms with E-state index in [0.29, 0.717) is 12.0 Å². The predicted molar refractivity (Wildman–Crippen MR) is 30.5 cm³/mol. The smallest absolute Gasteiger partial charge is 0.0595 e. The second-order valence-electron chi connectivity index (χ2n) is 2.90. The molecule has 0 aromatic rings. The van der Waals surface area contributed by atoms with Crippen molar-refractivity contribution in [1.29, 1.82) is 0 Å². The van der Waals surface area contributed by atoms with Gasteiger partial charge in [-0.1, -0.05) is 0 Å². The van der Waals surface area contributed by atoms with Crippen LogP contribution in [0, 0.1) is 5.92 Å². The molecule has 1 heterocycles. The summed E-state index contributed by atoms with van der Waals surface area (Å²) in [5.74, 6) is 0.583. The average molecular weight is 113 g/mol. The molecule has 0 aromatic heterocycles. The van der Waals surface area contributed by atoms with E-state index in [1.54, 1.807) is 0 Å². The lowest BCUT2D eigenvalue weighted by Crippen LogP contribution is -2.32. The predicted octanol–water partition coefficient (Wildman–Crippen LogP) is -0.271. The molecule has 2 unspecified atom stereocenters. The lowest BCUT2D eigenvalue weighted by molar-refractivity contribution is 0.121. The Labute approximate surface area is 48.9 Å². The van der Waals surface area contributed by atoms with Crippen LogP contribution in [0.15, 0.2) is 0 Å². The highest BCUT2D eigenvalue weighted by molar-refractivity contribution is 4.94. The van der Waals surface area contributed by atoms with Gasteiger partial charge >= 0.3 is 0 Å². The molecule has 2 N–H and O–H groups in total. The normalized spacial score (nSPS) is 52.9. The van der Waals surface area contributed by atoms with Gasteiger partial charge in [0.1, 0.15) is 0 Å². The van der Waals surface area contributed by atoms with E-state index in [-0.39, 0.29) is 6.10 Å². The van der Waals surface area contributed by atoms with Gasteiger partial charge in [-0.25, -0.2) is 0 Å². The summed E-state index contributed by atoms with van der Waals surface area (Å²) in [5.41, 5.74) is 0. The minimum Gasteiger partial charge on any atom is -0.393 e. The molecule has 1 aliphatic heterocycles. The summed E-state index contributed by atoms with van der Waals surface area (Å²) in [6.45, 7) is 1.05. The second kappa shape index (κ2) is 1.45. The quantitative estimate of drug-likeness (QED) is 0.453. The summed E-state index contributed by atoms with van der Waals surface area (Å²) in [4.78, 5) is 0. The van der Waals surface area contributed by atoms with E-state index < -0.39 is 0 Å². The third-order valence-corrected chi connectivity index (χ3v) is 2.33. The first-order valence-electron chi connectivity index (χ1n) is 3.28. The van der Waals surface area contributed by atoms with Gasteiger partial charge in [0.2, 0.25) is 0 Å². The number of rotatable bonds is 0. The molecule has 0 spiro atoms. The standard InChI is InChI=1S/C6H11NO/c8-6-2-5-1-4(6)3-7-5/h4-8H,1-3H2/t4?,5?,6-/m1/s1. The van der Waals surface area contributed by atoms with Crippen molar-refractivity contribution in [3.63, 3.8) is 0 Å². The highest BCUT2D eigenvalue weighted by Gasteiger charge is 2.37. The second-order valence-corrected chi connectivity index (χ2v) is 2.90. The molecule has 8 heavy (non-hydrogen) atoms. The molecule has 1 aliphatic carbocycles. The van der Waals surface area contributed by atoms with Crippen LogP contribution in [0.25, 0.3) is 0 Å². The Morgan fingerprint density at radius 1 is 1.38 bits per heavy atom. The molecule has 0 aromatic carbocycles. The molecule has 2 fully saturated rings. The molecule has 2 rings (SSSR count). The van der Waals surface area contributed by atoms with Gasteiger partial charge < -0.3 is 10.4 Å². The fourth-order valence-electron chi connectivity index (χ4n) is 1.81. The van der Waals surface area contributed by atoms with Crippen LogP contribution in [-0.4, -0.2) is 23.8 Å². The molecular weight excluding hydrogens is 102 g/mol. The van der Waals surface area contributed by atoms with Gasteiger partial charge in [-0.15, -0.1) is 0 Å². The molecule has 1 saturated carbocycles. The Morgan fingerprint density at radius 3 is 2.50 bits per heavy atom.